The molecule has 86 valence electrons. The second-order valence-corrected chi connectivity index (χ2v) is 3.45. The minimum Gasteiger partial charge on any atom is -0.466 e. The molecular formula is C12H15NO3. The Labute approximate surface area is 94.6 Å². The molecule has 0 aliphatic carbocycles. The van der Waals surface area contributed by atoms with Gasteiger partial charge in [0.2, 0.25) is 0 Å². The van der Waals surface area contributed by atoms with Gasteiger partial charge in [0.05, 0.1) is 13.0 Å². The van der Waals surface area contributed by atoms with Crippen molar-refractivity contribution in [3.63, 3.8) is 0 Å². The summed E-state index contributed by atoms with van der Waals surface area (Å²) in [4.78, 5) is 26.6. The Morgan fingerprint density at radius 2 is 2.12 bits per heavy atom. The normalized spacial score (nSPS) is 9.88. The lowest BCUT2D eigenvalue weighted by molar-refractivity contribution is -0.143. The van der Waals surface area contributed by atoms with E-state index in [0.717, 1.165) is 5.56 Å². The smallest absolute Gasteiger partial charge is 0.306 e. The van der Waals surface area contributed by atoms with E-state index in [2.05, 4.69) is 4.98 Å². The monoisotopic (exact) mass is 221 g/mol. The molecule has 0 bridgehead atoms. The van der Waals surface area contributed by atoms with Crippen LogP contribution in [0.5, 0.6) is 0 Å². The minimum atomic E-state index is -0.344. The first-order chi connectivity index (χ1) is 7.63. The lowest BCUT2D eigenvalue weighted by atomic mass is 10.1. The number of hydrogen-bond donors (Lipinski definition) is 0. The van der Waals surface area contributed by atoms with Gasteiger partial charge in [-0.3, -0.25) is 14.6 Å². The number of Topliss-reactive ketones (excluding diaryl/α,β-unsaturated/α-hetero) is 1. The Kier molecular flexibility index (Phi) is 4.64. The quantitative estimate of drug-likeness (QED) is 0.563. The van der Waals surface area contributed by atoms with Crippen LogP contribution in [0.4, 0.5) is 0 Å². The zero-order chi connectivity index (χ0) is 12.0. The van der Waals surface area contributed by atoms with Gasteiger partial charge in [0.1, 0.15) is 5.69 Å². The fourth-order valence-corrected chi connectivity index (χ4v) is 1.27. The third-order valence-corrected chi connectivity index (χ3v) is 2.06. The van der Waals surface area contributed by atoms with Gasteiger partial charge < -0.3 is 4.74 Å². The zero-order valence-electron chi connectivity index (χ0n) is 9.53. The number of nitrogens with zero attached hydrogens (tertiary/aromatic N) is 1. The SMILES string of the molecule is CCOC(=O)CCC(=O)c1cc(C)ccn1. The van der Waals surface area contributed by atoms with Crippen LogP contribution in [-0.4, -0.2) is 23.3 Å². The average Bonchev–Trinajstić information content (AvgIpc) is 2.26. The molecule has 1 aromatic heterocycles. The van der Waals surface area contributed by atoms with E-state index >= 15 is 0 Å². The molecule has 1 heterocycles. The van der Waals surface area contributed by atoms with E-state index in [4.69, 9.17) is 4.74 Å². The standard InChI is InChI=1S/C12H15NO3/c1-3-16-12(15)5-4-11(14)10-8-9(2)6-7-13-10/h6-8H,3-5H2,1-2H3. The van der Waals surface area contributed by atoms with Gasteiger partial charge in [0.15, 0.2) is 5.78 Å². The minimum absolute atomic E-state index is 0.113. The van der Waals surface area contributed by atoms with Crippen molar-refractivity contribution in [2.75, 3.05) is 6.61 Å². The van der Waals surface area contributed by atoms with Crippen molar-refractivity contribution in [3.05, 3.63) is 29.6 Å². The molecule has 4 heteroatoms. The summed E-state index contributed by atoms with van der Waals surface area (Å²) in [7, 11) is 0. The third-order valence-electron chi connectivity index (χ3n) is 2.06. The Hall–Kier alpha value is -1.71. The highest BCUT2D eigenvalue weighted by Gasteiger charge is 2.10. The highest BCUT2D eigenvalue weighted by Crippen LogP contribution is 2.05. The zero-order valence-corrected chi connectivity index (χ0v) is 9.53. The van der Waals surface area contributed by atoms with E-state index in [9.17, 15) is 9.59 Å². The predicted octanol–water partition coefficient (Wildman–Crippen LogP) is 1.92. The summed E-state index contributed by atoms with van der Waals surface area (Å²) in [6.07, 6.45) is 1.85. The molecule has 0 aliphatic heterocycles. The molecule has 0 unspecified atom stereocenters. The van der Waals surface area contributed by atoms with Crippen LogP contribution in [0.25, 0.3) is 0 Å². The number of carbonyl (C=O) groups excluding carboxylic acids is 2. The van der Waals surface area contributed by atoms with Crippen LogP contribution in [0.2, 0.25) is 0 Å². The number of aromatic nitrogens is 1. The fraction of sp³-hybridized carbons (Fsp3) is 0.417. The van der Waals surface area contributed by atoms with Crippen LogP contribution in [0.3, 0.4) is 0 Å². The third kappa shape index (κ3) is 3.81. The number of ketones is 1. The van der Waals surface area contributed by atoms with Gasteiger partial charge >= 0.3 is 5.97 Å². The fourth-order valence-electron chi connectivity index (χ4n) is 1.27. The summed E-state index contributed by atoms with van der Waals surface area (Å²) in [5.41, 5.74) is 1.39. The molecule has 0 radical (unpaired) electrons. The Balaban J connectivity index is 2.50. The molecule has 0 N–H and O–H groups in total. The van der Waals surface area contributed by atoms with E-state index in [-0.39, 0.29) is 24.6 Å². The van der Waals surface area contributed by atoms with Crippen molar-refractivity contribution in [1.29, 1.82) is 0 Å². The lowest BCUT2D eigenvalue weighted by Crippen LogP contribution is -2.09. The molecule has 0 aromatic carbocycles. The number of hydrogen-bond acceptors (Lipinski definition) is 4. The second kappa shape index (κ2) is 6.00. The number of rotatable bonds is 5. The molecule has 0 saturated heterocycles. The van der Waals surface area contributed by atoms with Crippen molar-refractivity contribution >= 4 is 11.8 Å². The predicted molar refractivity (Wildman–Crippen MR) is 59.2 cm³/mol. The number of aryl methyl sites for hydroxylation is 1. The molecule has 0 atom stereocenters. The van der Waals surface area contributed by atoms with Gasteiger partial charge in [0, 0.05) is 12.6 Å². The summed E-state index contributed by atoms with van der Waals surface area (Å²) in [6.45, 7) is 3.97. The van der Waals surface area contributed by atoms with Gasteiger partial charge in [-0.15, -0.1) is 0 Å². The van der Waals surface area contributed by atoms with Crippen molar-refractivity contribution in [2.45, 2.75) is 26.7 Å². The van der Waals surface area contributed by atoms with Crippen LogP contribution < -0.4 is 0 Å². The molecular weight excluding hydrogens is 206 g/mol. The van der Waals surface area contributed by atoms with Gasteiger partial charge in [-0.2, -0.15) is 0 Å². The van der Waals surface area contributed by atoms with E-state index in [0.29, 0.717) is 12.3 Å². The van der Waals surface area contributed by atoms with Gasteiger partial charge in [-0.1, -0.05) is 0 Å². The van der Waals surface area contributed by atoms with Crippen molar-refractivity contribution in [1.82, 2.24) is 4.98 Å². The molecule has 0 amide bonds. The lowest BCUT2D eigenvalue weighted by Gasteiger charge is -2.01. The van der Waals surface area contributed by atoms with Crippen LogP contribution in [0.15, 0.2) is 18.3 Å². The van der Waals surface area contributed by atoms with Crippen molar-refractivity contribution in [3.8, 4) is 0 Å². The largest absolute Gasteiger partial charge is 0.466 e. The average molecular weight is 221 g/mol. The first kappa shape index (κ1) is 12.4. The van der Waals surface area contributed by atoms with E-state index in [1.807, 2.05) is 13.0 Å². The molecule has 4 nitrogen and oxygen atoms in total. The van der Waals surface area contributed by atoms with Gasteiger partial charge in [0.25, 0.3) is 0 Å². The van der Waals surface area contributed by atoms with Crippen LogP contribution >= 0.6 is 0 Å². The molecule has 16 heavy (non-hydrogen) atoms. The Morgan fingerprint density at radius 3 is 2.75 bits per heavy atom. The van der Waals surface area contributed by atoms with Crippen molar-refractivity contribution in [2.24, 2.45) is 0 Å². The first-order valence-electron chi connectivity index (χ1n) is 5.25. The van der Waals surface area contributed by atoms with Crippen molar-refractivity contribution < 1.29 is 14.3 Å². The van der Waals surface area contributed by atoms with Crippen LogP contribution in [-0.2, 0) is 9.53 Å². The summed E-state index contributed by atoms with van der Waals surface area (Å²) >= 11 is 0. The molecule has 0 saturated carbocycles. The topological polar surface area (TPSA) is 56.3 Å². The summed E-state index contributed by atoms with van der Waals surface area (Å²) < 4.78 is 4.74. The maximum Gasteiger partial charge on any atom is 0.306 e. The number of esters is 1. The van der Waals surface area contributed by atoms with Gasteiger partial charge in [-0.05, 0) is 31.5 Å². The molecule has 0 spiro atoms. The van der Waals surface area contributed by atoms with E-state index < -0.39 is 0 Å². The summed E-state index contributed by atoms with van der Waals surface area (Å²) in [6, 6.07) is 3.54. The maximum atomic E-state index is 11.6. The molecule has 0 fully saturated rings. The molecule has 1 aromatic rings. The van der Waals surface area contributed by atoms with E-state index in [1.165, 1.54) is 0 Å². The van der Waals surface area contributed by atoms with Gasteiger partial charge in [-0.25, -0.2) is 0 Å². The molecule has 1 rings (SSSR count). The Bertz CT molecular complexity index is 388. The van der Waals surface area contributed by atoms with Crippen LogP contribution in [0.1, 0.15) is 35.8 Å². The first-order valence-corrected chi connectivity index (χ1v) is 5.25. The molecule has 0 aliphatic rings. The number of carbonyl (C=O) groups is 2. The summed E-state index contributed by atoms with van der Waals surface area (Å²) in [5.74, 6) is -0.472. The second-order valence-electron chi connectivity index (χ2n) is 3.45. The highest BCUT2D eigenvalue weighted by atomic mass is 16.5. The highest BCUT2D eigenvalue weighted by molar-refractivity contribution is 5.95. The van der Waals surface area contributed by atoms with E-state index in [1.54, 1.807) is 19.2 Å². The summed E-state index contributed by atoms with van der Waals surface area (Å²) in [5, 5.41) is 0. The number of ether oxygens (including phenoxy) is 1. The maximum absolute atomic E-state index is 11.6. The number of pyridine rings is 1. The Morgan fingerprint density at radius 1 is 1.38 bits per heavy atom. The van der Waals surface area contributed by atoms with Crippen LogP contribution in [0, 0.1) is 6.92 Å².